The molecule has 0 saturated carbocycles. The number of aliphatic hydroxyl groups excluding tert-OH is 1. The van der Waals surface area contributed by atoms with Crippen molar-refractivity contribution in [2.75, 3.05) is 6.61 Å². The number of halogens is 2. The summed E-state index contributed by atoms with van der Waals surface area (Å²) in [7, 11) is 0. The fraction of sp³-hybridized carbons (Fsp3) is 0.250. The molecule has 1 heterocycles. The van der Waals surface area contributed by atoms with Crippen LogP contribution in [0.2, 0.25) is 0 Å². The Kier molecular flexibility index (Phi) is 5.16. The summed E-state index contributed by atoms with van der Waals surface area (Å²) in [6.45, 7) is -0.0845. The Morgan fingerprint density at radius 3 is 2.64 bits per heavy atom. The molecule has 0 spiro atoms. The highest BCUT2D eigenvalue weighted by molar-refractivity contribution is 5.95. The van der Waals surface area contributed by atoms with Gasteiger partial charge in [0, 0.05) is 19.2 Å². The number of nitrogens with zero attached hydrogens (tertiary/aromatic N) is 1. The predicted octanol–water partition coefficient (Wildman–Crippen LogP) is 2.13. The van der Waals surface area contributed by atoms with Crippen LogP contribution in [0.3, 0.4) is 0 Å². The van der Waals surface area contributed by atoms with Gasteiger partial charge in [-0.1, -0.05) is 6.07 Å². The van der Waals surface area contributed by atoms with E-state index < -0.39 is 17.2 Å². The fourth-order valence-corrected chi connectivity index (χ4v) is 2.08. The Bertz CT molecular complexity index is 740. The van der Waals surface area contributed by atoms with Gasteiger partial charge in [0.15, 0.2) is 17.4 Å². The molecule has 116 valence electrons. The molecule has 0 amide bonds. The first-order chi connectivity index (χ1) is 10.5. The van der Waals surface area contributed by atoms with E-state index in [1.54, 1.807) is 6.07 Å². The molecule has 0 aliphatic heterocycles. The number of hydrogen-bond acceptors (Lipinski definition) is 3. The number of ketones is 1. The van der Waals surface area contributed by atoms with Gasteiger partial charge in [-0.3, -0.25) is 9.59 Å². The largest absolute Gasteiger partial charge is 0.396 e. The van der Waals surface area contributed by atoms with Gasteiger partial charge in [0.05, 0.1) is 12.1 Å². The van der Waals surface area contributed by atoms with E-state index in [-0.39, 0.29) is 37.3 Å². The average Bonchev–Trinajstić information content (AvgIpc) is 2.50. The van der Waals surface area contributed by atoms with Crippen molar-refractivity contribution >= 4 is 5.78 Å². The summed E-state index contributed by atoms with van der Waals surface area (Å²) in [6, 6.07) is 6.36. The third-order valence-electron chi connectivity index (χ3n) is 3.22. The summed E-state index contributed by atoms with van der Waals surface area (Å²) in [5, 5.41) is 8.73. The first kappa shape index (κ1) is 16.0. The van der Waals surface area contributed by atoms with Crippen LogP contribution in [-0.4, -0.2) is 22.1 Å². The topological polar surface area (TPSA) is 59.3 Å². The van der Waals surface area contributed by atoms with E-state index >= 15 is 0 Å². The number of carbonyl (C=O) groups is 1. The summed E-state index contributed by atoms with van der Waals surface area (Å²) in [4.78, 5) is 24.1. The maximum Gasteiger partial charge on any atom is 0.261 e. The highest BCUT2D eigenvalue weighted by Crippen LogP contribution is 2.10. The molecule has 6 heteroatoms. The van der Waals surface area contributed by atoms with Crippen molar-refractivity contribution in [3.05, 3.63) is 69.6 Å². The third kappa shape index (κ3) is 3.65. The molecule has 0 atom stereocenters. The molecule has 0 radical (unpaired) electrons. The maximum absolute atomic E-state index is 13.2. The number of Topliss-reactive ketones (excluding diaryl/α,β-unsaturated/α-hetero) is 1. The van der Waals surface area contributed by atoms with E-state index in [0.29, 0.717) is 5.56 Å². The van der Waals surface area contributed by atoms with Crippen LogP contribution in [-0.2, 0) is 6.54 Å². The number of pyridine rings is 1. The Hall–Kier alpha value is -2.34. The van der Waals surface area contributed by atoms with Crippen molar-refractivity contribution in [3.63, 3.8) is 0 Å². The smallest absolute Gasteiger partial charge is 0.261 e. The van der Waals surface area contributed by atoms with Gasteiger partial charge in [-0.15, -0.1) is 0 Å². The van der Waals surface area contributed by atoms with Crippen molar-refractivity contribution in [2.45, 2.75) is 19.4 Å². The minimum atomic E-state index is -0.985. The number of hydrogen-bond donors (Lipinski definition) is 1. The van der Waals surface area contributed by atoms with Crippen LogP contribution in [0, 0.1) is 11.6 Å². The molecule has 2 aromatic rings. The quantitative estimate of drug-likeness (QED) is 0.832. The molecule has 1 aromatic heterocycles. The summed E-state index contributed by atoms with van der Waals surface area (Å²) in [6.07, 6.45) is 1.85. The lowest BCUT2D eigenvalue weighted by atomic mass is 10.1. The van der Waals surface area contributed by atoms with Crippen molar-refractivity contribution in [3.8, 4) is 0 Å². The molecule has 22 heavy (non-hydrogen) atoms. The van der Waals surface area contributed by atoms with Crippen LogP contribution in [0.4, 0.5) is 8.78 Å². The number of carbonyl (C=O) groups excluding carboxylic acids is 1. The second kappa shape index (κ2) is 7.09. The molecule has 1 aromatic carbocycles. The SMILES string of the molecule is O=C(CCCO)c1cccn(Cc2ccc(F)c(F)c2)c1=O. The van der Waals surface area contributed by atoms with Gasteiger partial charge in [0.1, 0.15) is 0 Å². The fourth-order valence-electron chi connectivity index (χ4n) is 2.08. The lowest BCUT2D eigenvalue weighted by Crippen LogP contribution is -2.26. The lowest BCUT2D eigenvalue weighted by Gasteiger charge is -2.08. The maximum atomic E-state index is 13.2. The van der Waals surface area contributed by atoms with E-state index in [4.69, 9.17) is 5.11 Å². The van der Waals surface area contributed by atoms with E-state index in [1.165, 1.54) is 22.9 Å². The molecule has 1 N–H and O–H groups in total. The van der Waals surface area contributed by atoms with Gasteiger partial charge in [0.25, 0.3) is 5.56 Å². The van der Waals surface area contributed by atoms with Crippen LogP contribution in [0.1, 0.15) is 28.8 Å². The zero-order valence-corrected chi connectivity index (χ0v) is 11.8. The Labute approximate surface area is 125 Å². The standard InChI is InChI=1S/C16H15F2NO3/c17-13-6-5-11(9-14(13)18)10-19-7-1-3-12(16(19)22)15(21)4-2-8-20/h1,3,5-7,9,20H,2,4,8,10H2. The Balaban J connectivity index is 2.27. The van der Waals surface area contributed by atoms with Gasteiger partial charge in [-0.2, -0.15) is 0 Å². The highest BCUT2D eigenvalue weighted by Gasteiger charge is 2.12. The highest BCUT2D eigenvalue weighted by atomic mass is 19.2. The third-order valence-corrected chi connectivity index (χ3v) is 3.22. The summed E-state index contributed by atoms with van der Waals surface area (Å²) in [5.41, 5.74) is -0.0466. The van der Waals surface area contributed by atoms with Crippen LogP contribution in [0.15, 0.2) is 41.3 Å². The van der Waals surface area contributed by atoms with E-state index in [9.17, 15) is 18.4 Å². The molecule has 2 rings (SSSR count). The predicted molar refractivity (Wildman–Crippen MR) is 76.8 cm³/mol. The molecule has 4 nitrogen and oxygen atoms in total. The molecule has 0 bridgehead atoms. The number of benzene rings is 1. The van der Waals surface area contributed by atoms with E-state index in [1.807, 2.05) is 0 Å². The summed E-state index contributed by atoms with van der Waals surface area (Å²) in [5.74, 6) is -2.29. The zero-order chi connectivity index (χ0) is 16.1. The molecule has 0 fully saturated rings. The minimum Gasteiger partial charge on any atom is -0.396 e. The number of aromatic nitrogens is 1. The first-order valence-corrected chi connectivity index (χ1v) is 6.80. The van der Waals surface area contributed by atoms with E-state index in [0.717, 1.165) is 12.1 Å². The molecule has 0 unspecified atom stereocenters. The molecular weight excluding hydrogens is 292 g/mol. The van der Waals surface area contributed by atoms with Crippen LogP contribution in [0.25, 0.3) is 0 Å². The van der Waals surface area contributed by atoms with Crippen molar-refractivity contribution in [2.24, 2.45) is 0 Å². The Morgan fingerprint density at radius 1 is 1.18 bits per heavy atom. The van der Waals surface area contributed by atoms with Crippen molar-refractivity contribution < 1.29 is 18.7 Å². The lowest BCUT2D eigenvalue weighted by molar-refractivity contribution is 0.0969. The van der Waals surface area contributed by atoms with Gasteiger partial charge in [-0.05, 0) is 36.2 Å². The molecular formula is C16H15F2NO3. The van der Waals surface area contributed by atoms with Crippen LogP contribution >= 0.6 is 0 Å². The molecule has 0 aliphatic carbocycles. The van der Waals surface area contributed by atoms with Gasteiger partial charge in [0.2, 0.25) is 0 Å². The number of rotatable bonds is 6. The first-order valence-electron chi connectivity index (χ1n) is 6.80. The minimum absolute atomic E-state index is 0.0264. The zero-order valence-electron chi connectivity index (χ0n) is 11.8. The summed E-state index contributed by atoms with van der Waals surface area (Å²) < 4.78 is 27.3. The van der Waals surface area contributed by atoms with Crippen molar-refractivity contribution in [1.82, 2.24) is 4.57 Å². The van der Waals surface area contributed by atoms with Crippen LogP contribution in [0.5, 0.6) is 0 Å². The molecule has 0 saturated heterocycles. The normalized spacial score (nSPS) is 10.7. The second-order valence-electron chi connectivity index (χ2n) is 4.85. The van der Waals surface area contributed by atoms with Crippen LogP contribution < -0.4 is 5.56 Å². The van der Waals surface area contributed by atoms with Gasteiger partial charge in [-0.25, -0.2) is 8.78 Å². The van der Waals surface area contributed by atoms with Gasteiger partial charge >= 0.3 is 0 Å². The van der Waals surface area contributed by atoms with E-state index in [2.05, 4.69) is 0 Å². The monoisotopic (exact) mass is 307 g/mol. The summed E-state index contributed by atoms with van der Waals surface area (Å²) >= 11 is 0. The average molecular weight is 307 g/mol. The number of aliphatic hydroxyl groups is 1. The second-order valence-corrected chi connectivity index (χ2v) is 4.85. The van der Waals surface area contributed by atoms with Gasteiger partial charge < -0.3 is 9.67 Å². The molecule has 0 aliphatic rings. The Morgan fingerprint density at radius 2 is 1.95 bits per heavy atom. The van der Waals surface area contributed by atoms with Crippen molar-refractivity contribution in [1.29, 1.82) is 0 Å².